The standard InChI is InChI=1S/C28H28N2O7S/c1-19(31)29(2)20-11-13-21(14-12-20)30(38(3,34)35)27(32)10-6-7-17-36-22-15-16-26-24(18-22)28(33)23-8-4-5-9-25(23)37-26/h4-5,8-9,11-16,18H,6-7,10,17H2,1-3H3. The summed E-state index contributed by atoms with van der Waals surface area (Å²) in [5.41, 5.74) is 1.63. The molecule has 0 saturated heterocycles. The van der Waals surface area contributed by atoms with Gasteiger partial charge in [-0.15, -0.1) is 0 Å². The van der Waals surface area contributed by atoms with Gasteiger partial charge in [0.25, 0.3) is 0 Å². The van der Waals surface area contributed by atoms with Crippen molar-refractivity contribution in [3.8, 4) is 5.75 Å². The maximum Gasteiger partial charge on any atom is 0.240 e. The lowest BCUT2D eigenvalue weighted by molar-refractivity contribution is -0.118. The van der Waals surface area contributed by atoms with Gasteiger partial charge >= 0.3 is 0 Å². The summed E-state index contributed by atoms with van der Waals surface area (Å²) in [6, 6.07) is 18.2. The molecule has 0 aliphatic carbocycles. The monoisotopic (exact) mass is 536 g/mol. The highest BCUT2D eigenvalue weighted by Crippen LogP contribution is 2.25. The van der Waals surface area contributed by atoms with Crippen LogP contribution in [-0.2, 0) is 19.6 Å². The van der Waals surface area contributed by atoms with E-state index in [0.29, 0.717) is 46.2 Å². The summed E-state index contributed by atoms with van der Waals surface area (Å²) in [5.74, 6) is -0.230. The Morgan fingerprint density at radius 2 is 1.55 bits per heavy atom. The molecule has 0 atom stereocenters. The van der Waals surface area contributed by atoms with Gasteiger partial charge in [-0.25, -0.2) is 12.7 Å². The SMILES string of the molecule is CC(=O)N(C)c1ccc(N(C(=O)CCCCOc2ccc3oc4ccccc4c(=O)c3c2)S(C)(=O)=O)cc1. The Balaban J connectivity index is 1.36. The van der Waals surface area contributed by atoms with E-state index in [0.717, 1.165) is 10.6 Å². The Bertz CT molecular complexity index is 1660. The minimum atomic E-state index is -3.86. The fourth-order valence-corrected chi connectivity index (χ4v) is 5.02. The highest BCUT2D eigenvalue weighted by Gasteiger charge is 2.25. The Kier molecular flexibility index (Phi) is 7.82. The van der Waals surface area contributed by atoms with E-state index in [1.807, 2.05) is 0 Å². The number of sulfonamides is 1. The van der Waals surface area contributed by atoms with Crippen molar-refractivity contribution in [3.05, 3.63) is 77.0 Å². The average molecular weight is 537 g/mol. The van der Waals surface area contributed by atoms with Gasteiger partial charge in [-0.05, 0) is 67.4 Å². The second kappa shape index (κ2) is 11.1. The highest BCUT2D eigenvalue weighted by molar-refractivity contribution is 7.92. The van der Waals surface area contributed by atoms with Crippen molar-refractivity contribution in [2.24, 2.45) is 0 Å². The van der Waals surface area contributed by atoms with Crippen LogP contribution in [0.2, 0.25) is 0 Å². The van der Waals surface area contributed by atoms with Crippen LogP contribution in [0.15, 0.2) is 75.9 Å². The van der Waals surface area contributed by atoms with Crippen molar-refractivity contribution in [2.45, 2.75) is 26.2 Å². The van der Waals surface area contributed by atoms with Gasteiger partial charge < -0.3 is 14.1 Å². The molecule has 9 nitrogen and oxygen atoms in total. The Hall–Kier alpha value is -4.18. The van der Waals surface area contributed by atoms with Crippen molar-refractivity contribution in [1.29, 1.82) is 0 Å². The lowest BCUT2D eigenvalue weighted by Crippen LogP contribution is -2.36. The molecule has 0 spiro atoms. The van der Waals surface area contributed by atoms with E-state index in [-0.39, 0.29) is 30.1 Å². The number of ether oxygens (including phenoxy) is 1. The molecule has 198 valence electrons. The molecule has 0 fully saturated rings. The van der Waals surface area contributed by atoms with Crippen LogP contribution >= 0.6 is 0 Å². The summed E-state index contributed by atoms with van der Waals surface area (Å²) in [5, 5.41) is 0.910. The normalized spacial score (nSPS) is 11.4. The van der Waals surface area contributed by atoms with Gasteiger partial charge in [0.1, 0.15) is 16.9 Å². The zero-order chi connectivity index (χ0) is 27.4. The highest BCUT2D eigenvalue weighted by atomic mass is 32.2. The molecule has 2 amide bonds. The quantitative estimate of drug-likeness (QED) is 0.229. The Morgan fingerprint density at radius 1 is 0.895 bits per heavy atom. The Labute approximate surface area is 220 Å². The fourth-order valence-electron chi connectivity index (χ4n) is 4.06. The van der Waals surface area contributed by atoms with Crippen molar-refractivity contribution in [1.82, 2.24) is 0 Å². The summed E-state index contributed by atoms with van der Waals surface area (Å²) in [6.45, 7) is 1.70. The third-order valence-corrected chi connectivity index (χ3v) is 7.18. The van der Waals surface area contributed by atoms with E-state index in [2.05, 4.69) is 0 Å². The number of carbonyl (C=O) groups excluding carboxylic acids is 2. The number of amides is 2. The minimum Gasteiger partial charge on any atom is -0.494 e. The largest absolute Gasteiger partial charge is 0.494 e. The van der Waals surface area contributed by atoms with E-state index in [1.165, 1.54) is 24.0 Å². The molecule has 0 aliphatic heterocycles. The number of anilines is 2. The predicted molar refractivity (Wildman–Crippen MR) is 147 cm³/mol. The first-order valence-electron chi connectivity index (χ1n) is 12.0. The van der Waals surface area contributed by atoms with Crippen LogP contribution < -0.4 is 19.4 Å². The van der Waals surface area contributed by atoms with Gasteiger partial charge in [0.15, 0.2) is 0 Å². The molecule has 0 saturated carbocycles. The minimum absolute atomic E-state index is 0.00116. The molecular formula is C28H28N2O7S. The lowest BCUT2D eigenvalue weighted by Gasteiger charge is -2.22. The zero-order valence-electron chi connectivity index (χ0n) is 21.3. The van der Waals surface area contributed by atoms with E-state index < -0.39 is 15.9 Å². The van der Waals surface area contributed by atoms with E-state index >= 15 is 0 Å². The Morgan fingerprint density at radius 3 is 2.24 bits per heavy atom. The van der Waals surface area contributed by atoms with E-state index in [1.54, 1.807) is 61.6 Å². The van der Waals surface area contributed by atoms with Crippen LogP contribution in [0.3, 0.4) is 0 Å². The van der Waals surface area contributed by atoms with Crippen molar-refractivity contribution in [2.75, 3.05) is 29.1 Å². The molecule has 10 heteroatoms. The molecule has 4 rings (SSSR count). The fraction of sp³-hybridized carbons (Fsp3) is 0.250. The van der Waals surface area contributed by atoms with Crippen LogP contribution in [0.1, 0.15) is 26.2 Å². The number of rotatable bonds is 9. The summed E-state index contributed by atoms with van der Waals surface area (Å²) in [7, 11) is -2.25. The zero-order valence-corrected chi connectivity index (χ0v) is 22.2. The molecule has 0 unspecified atom stereocenters. The van der Waals surface area contributed by atoms with Crippen LogP contribution in [0.4, 0.5) is 11.4 Å². The third kappa shape index (κ3) is 5.86. The van der Waals surface area contributed by atoms with Crippen LogP contribution in [0.5, 0.6) is 5.75 Å². The van der Waals surface area contributed by atoms with E-state index in [9.17, 15) is 22.8 Å². The second-order valence-electron chi connectivity index (χ2n) is 8.91. The van der Waals surface area contributed by atoms with Crippen LogP contribution in [0, 0.1) is 0 Å². The van der Waals surface area contributed by atoms with Gasteiger partial charge in [0.2, 0.25) is 27.3 Å². The molecule has 1 heterocycles. The maximum absolute atomic E-state index is 12.8. The summed E-state index contributed by atoms with van der Waals surface area (Å²) in [6.07, 6.45) is 1.87. The smallest absolute Gasteiger partial charge is 0.240 e. The average Bonchev–Trinajstić information content (AvgIpc) is 2.88. The number of fused-ring (bicyclic) bond motifs is 2. The van der Waals surface area contributed by atoms with Crippen molar-refractivity contribution < 1.29 is 27.2 Å². The first kappa shape index (κ1) is 26.9. The van der Waals surface area contributed by atoms with Crippen LogP contribution in [-0.4, -0.2) is 40.1 Å². The molecule has 0 N–H and O–H groups in total. The van der Waals surface area contributed by atoms with Gasteiger partial charge in [-0.2, -0.15) is 0 Å². The van der Waals surface area contributed by atoms with Gasteiger partial charge in [0.05, 0.1) is 29.3 Å². The number of carbonyl (C=O) groups is 2. The molecule has 0 radical (unpaired) electrons. The number of nitrogens with zero attached hydrogens (tertiary/aromatic N) is 2. The number of para-hydroxylation sites is 1. The topological polar surface area (TPSA) is 114 Å². The third-order valence-electron chi connectivity index (χ3n) is 6.10. The first-order chi connectivity index (χ1) is 18.1. The molecule has 1 aromatic heterocycles. The van der Waals surface area contributed by atoms with Gasteiger partial charge in [-0.1, -0.05) is 12.1 Å². The van der Waals surface area contributed by atoms with E-state index in [4.69, 9.17) is 9.15 Å². The summed E-state index contributed by atoms with van der Waals surface area (Å²) < 4.78 is 37.1. The second-order valence-corrected chi connectivity index (χ2v) is 10.7. The van der Waals surface area contributed by atoms with Gasteiger partial charge in [-0.3, -0.25) is 14.4 Å². The number of benzene rings is 3. The van der Waals surface area contributed by atoms with Crippen molar-refractivity contribution in [3.63, 3.8) is 0 Å². The molecule has 3 aromatic carbocycles. The predicted octanol–water partition coefficient (Wildman–Crippen LogP) is 4.47. The number of hydrogen-bond acceptors (Lipinski definition) is 7. The summed E-state index contributed by atoms with van der Waals surface area (Å²) >= 11 is 0. The maximum atomic E-state index is 12.8. The molecular weight excluding hydrogens is 508 g/mol. The lowest BCUT2D eigenvalue weighted by atomic mass is 10.1. The molecule has 0 aliphatic rings. The molecule has 4 aromatic rings. The first-order valence-corrected chi connectivity index (χ1v) is 13.9. The van der Waals surface area contributed by atoms with Gasteiger partial charge in [0, 0.05) is 26.1 Å². The number of hydrogen-bond donors (Lipinski definition) is 0. The van der Waals surface area contributed by atoms with Crippen LogP contribution in [0.25, 0.3) is 21.9 Å². The molecule has 38 heavy (non-hydrogen) atoms. The molecule has 0 bridgehead atoms. The van der Waals surface area contributed by atoms with Crippen molar-refractivity contribution >= 4 is 55.2 Å². The summed E-state index contributed by atoms with van der Waals surface area (Å²) in [4.78, 5) is 38.6. The number of unbranched alkanes of at least 4 members (excludes halogenated alkanes) is 1.